The summed E-state index contributed by atoms with van der Waals surface area (Å²) in [6, 6.07) is -0.943. The number of aromatic nitrogens is 2. The number of nitrogens with one attached hydrogen (secondary N) is 1. The van der Waals surface area contributed by atoms with Crippen LogP contribution in [0.15, 0.2) is 17.6 Å². The largest absolute Gasteiger partial charge is 0.368 e. The van der Waals surface area contributed by atoms with Gasteiger partial charge in [-0.25, -0.2) is 13.4 Å². The molecule has 1 heterocycles. The van der Waals surface area contributed by atoms with Crippen molar-refractivity contribution in [2.24, 2.45) is 11.7 Å². The number of nitrogens with two attached hydrogens (primary N) is 1. The van der Waals surface area contributed by atoms with Crippen molar-refractivity contribution in [3.05, 3.63) is 12.5 Å². The van der Waals surface area contributed by atoms with Crippen molar-refractivity contribution in [3.63, 3.8) is 0 Å². The van der Waals surface area contributed by atoms with E-state index < -0.39 is 22.0 Å². The second kappa shape index (κ2) is 6.16. The summed E-state index contributed by atoms with van der Waals surface area (Å²) in [7, 11) is -3.83. The summed E-state index contributed by atoms with van der Waals surface area (Å²) in [5, 5.41) is -0.104. The van der Waals surface area contributed by atoms with E-state index in [1.165, 1.54) is 12.5 Å². The Morgan fingerprint density at radius 2 is 2.16 bits per heavy atom. The highest BCUT2D eigenvalue weighted by Crippen LogP contribution is 2.10. The van der Waals surface area contributed by atoms with Gasteiger partial charge in [0.25, 0.3) is 10.0 Å². The molecule has 0 bridgehead atoms. The number of sulfonamides is 1. The summed E-state index contributed by atoms with van der Waals surface area (Å²) in [5.41, 5.74) is 5.18. The summed E-state index contributed by atoms with van der Waals surface area (Å²) >= 11 is 0. The molecule has 0 aliphatic carbocycles. The van der Waals surface area contributed by atoms with Crippen LogP contribution in [0.1, 0.15) is 27.2 Å². The van der Waals surface area contributed by atoms with Crippen molar-refractivity contribution in [2.45, 2.75) is 44.8 Å². The third-order valence-corrected chi connectivity index (χ3v) is 3.95. The molecule has 1 amide bonds. The summed E-state index contributed by atoms with van der Waals surface area (Å²) in [4.78, 5) is 15.1. The minimum atomic E-state index is -3.83. The summed E-state index contributed by atoms with van der Waals surface area (Å²) in [5.74, 6) is -0.934. The number of rotatable bonds is 7. The number of amides is 1. The maximum absolute atomic E-state index is 12.1. The van der Waals surface area contributed by atoms with Gasteiger partial charge >= 0.3 is 0 Å². The van der Waals surface area contributed by atoms with Gasteiger partial charge in [0, 0.05) is 12.7 Å². The smallest absolute Gasteiger partial charge is 0.260 e. The molecule has 0 fully saturated rings. The van der Waals surface area contributed by atoms with Crippen LogP contribution in [-0.2, 0) is 21.4 Å². The van der Waals surface area contributed by atoms with Gasteiger partial charge in [-0.1, -0.05) is 20.8 Å². The lowest BCUT2D eigenvalue weighted by Crippen LogP contribution is -2.47. The van der Waals surface area contributed by atoms with E-state index in [-0.39, 0.29) is 10.9 Å². The molecule has 1 rings (SSSR count). The first-order valence-corrected chi connectivity index (χ1v) is 7.59. The highest BCUT2D eigenvalue weighted by Gasteiger charge is 2.27. The monoisotopic (exact) mass is 288 g/mol. The van der Waals surface area contributed by atoms with E-state index in [2.05, 4.69) is 9.71 Å². The lowest BCUT2D eigenvalue weighted by Gasteiger charge is -2.17. The van der Waals surface area contributed by atoms with Gasteiger partial charge < -0.3 is 10.3 Å². The van der Waals surface area contributed by atoms with Crippen LogP contribution in [-0.4, -0.2) is 29.9 Å². The number of carbonyl (C=O) groups is 1. The SMILES string of the molecule is CCCn1cnc(S(=O)(=O)NC(C(N)=O)C(C)C)c1. The molecular formula is C11H20N4O3S. The zero-order valence-electron chi connectivity index (χ0n) is 11.3. The number of primary amides is 1. The van der Waals surface area contributed by atoms with Crippen LogP contribution in [0.5, 0.6) is 0 Å². The fourth-order valence-corrected chi connectivity index (χ4v) is 2.91. The predicted molar refractivity (Wildman–Crippen MR) is 70.7 cm³/mol. The third-order valence-electron chi connectivity index (χ3n) is 2.62. The van der Waals surface area contributed by atoms with Gasteiger partial charge in [-0.05, 0) is 12.3 Å². The van der Waals surface area contributed by atoms with Gasteiger partial charge in [-0.3, -0.25) is 4.79 Å². The quantitative estimate of drug-likeness (QED) is 0.741. The number of aryl methyl sites for hydroxylation is 1. The lowest BCUT2D eigenvalue weighted by molar-refractivity contribution is -0.120. The first kappa shape index (κ1) is 15.6. The predicted octanol–water partition coefficient (Wildman–Crippen LogP) is 0.0813. The molecule has 0 radical (unpaired) electrons. The average molecular weight is 288 g/mol. The van der Waals surface area contributed by atoms with Crippen molar-refractivity contribution in [1.29, 1.82) is 0 Å². The fraction of sp³-hybridized carbons (Fsp3) is 0.636. The molecular weight excluding hydrogens is 268 g/mol. The molecule has 0 aromatic carbocycles. The molecule has 1 aromatic heterocycles. The molecule has 108 valence electrons. The molecule has 1 atom stereocenters. The van der Waals surface area contributed by atoms with Gasteiger partial charge in [0.15, 0.2) is 5.03 Å². The number of hydrogen-bond donors (Lipinski definition) is 2. The molecule has 0 saturated carbocycles. The second-order valence-corrected chi connectivity index (χ2v) is 6.36. The Bertz CT molecular complexity index is 536. The first-order valence-electron chi connectivity index (χ1n) is 6.11. The normalized spacial score (nSPS) is 13.7. The van der Waals surface area contributed by atoms with E-state index in [9.17, 15) is 13.2 Å². The molecule has 1 aromatic rings. The van der Waals surface area contributed by atoms with E-state index in [4.69, 9.17) is 5.73 Å². The lowest BCUT2D eigenvalue weighted by atomic mass is 10.1. The van der Waals surface area contributed by atoms with Crippen LogP contribution < -0.4 is 10.5 Å². The van der Waals surface area contributed by atoms with Crippen LogP contribution in [0.25, 0.3) is 0 Å². The Labute approximate surface area is 113 Å². The Kier molecular flexibility index (Phi) is 5.07. The zero-order chi connectivity index (χ0) is 14.6. The van der Waals surface area contributed by atoms with E-state index in [0.29, 0.717) is 6.54 Å². The molecule has 19 heavy (non-hydrogen) atoms. The summed E-state index contributed by atoms with van der Waals surface area (Å²) in [6.07, 6.45) is 3.76. The van der Waals surface area contributed by atoms with Crippen molar-refractivity contribution >= 4 is 15.9 Å². The molecule has 7 nitrogen and oxygen atoms in total. The molecule has 0 aliphatic rings. The molecule has 8 heteroatoms. The van der Waals surface area contributed by atoms with Gasteiger partial charge in [-0.15, -0.1) is 0 Å². The minimum absolute atomic E-state index is 0.104. The van der Waals surface area contributed by atoms with Crippen LogP contribution >= 0.6 is 0 Å². The topological polar surface area (TPSA) is 107 Å². The van der Waals surface area contributed by atoms with Crippen molar-refractivity contribution in [3.8, 4) is 0 Å². The van der Waals surface area contributed by atoms with Crippen LogP contribution in [0.3, 0.4) is 0 Å². The Morgan fingerprint density at radius 3 is 2.63 bits per heavy atom. The van der Waals surface area contributed by atoms with Gasteiger partial charge in [0.2, 0.25) is 5.91 Å². The van der Waals surface area contributed by atoms with Crippen molar-refractivity contribution in [1.82, 2.24) is 14.3 Å². The van der Waals surface area contributed by atoms with Gasteiger partial charge in [-0.2, -0.15) is 4.72 Å². The molecule has 1 unspecified atom stereocenters. The van der Waals surface area contributed by atoms with Gasteiger partial charge in [0.05, 0.1) is 6.33 Å². The highest BCUT2D eigenvalue weighted by atomic mass is 32.2. The average Bonchev–Trinajstić information content (AvgIpc) is 2.75. The van der Waals surface area contributed by atoms with E-state index in [1.807, 2.05) is 6.92 Å². The molecule has 3 N–H and O–H groups in total. The highest BCUT2D eigenvalue weighted by molar-refractivity contribution is 7.89. The Morgan fingerprint density at radius 1 is 1.53 bits per heavy atom. The summed E-state index contributed by atoms with van der Waals surface area (Å²) < 4.78 is 28.1. The Hall–Kier alpha value is -1.41. The van der Waals surface area contributed by atoms with Gasteiger partial charge in [0.1, 0.15) is 6.04 Å². The maximum Gasteiger partial charge on any atom is 0.260 e. The van der Waals surface area contributed by atoms with Crippen LogP contribution in [0.4, 0.5) is 0 Å². The minimum Gasteiger partial charge on any atom is -0.368 e. The Balaban J connectivity index is 2.93. The van der Waals surface area contributed by atoms with E-state index >= 15 is 0 Å². The molecule has 0 saturated heterocycles. The zero-order valence-corrected chi connectivity index (χ0v) is 12.1. The molecule has 0 spiro atoms. The standard InChI is InChI=1S/C11H20N4O3S/c1-4-5-15-6-9(13-7-15)19(17,18)14-10(8(2)3)11(12)16/h6-8,10,14H,4-5H2,1-3H3,(H2,12,16). The summed E-state index contributed by atoms with van der Waals surface area (Å²) in [6.45, 7) is 6.10. The van der Waals surface area contributed by atoms with Crippen molar-refractivity contribution in [2.75, 3.05) is 0 Å². The van der Waals surface area contributed by atoms with Crippen LogP contribution in [0, 0.1) is 5.92 Å². The van der Waals surface area contributed by atoms with E-state index in [1.54, 1.807) is 18.4 Å². The second-order valence-electron chi connectivity index (χ2n) is 4.70. The van der Waals surface area contributed by atoms with Crippen molar-refractivity contribution < 1.29 is 13.2 Å². The number of nitrogens with zero attached hydrogens (tertiary/aromatic N) is 2. The molecule has 0 aliphatic heterocycles. The number of imidazole rings is 1. The van der Waals surface area contributed by atoms with Crippen LogP contribution in [0.2, 0.25) is 0 Å². The third kappa shape index (κ3) is 4.03. The maximum atomic E-state index is 12.1. The first-order chi connectivity index (χ1) is 8.77. The number of carbonyl (C=O) groups excluding carboxylic acids is 1. The van der Waals surface area contributed by atoms with E-state index in [0.717, 1.165) is 6.42 Å². The number of hydrogen-bond acceptors (Lipinski definition) is 4. The fourth-order valence-electron chi connectivity index (χ4n) is 1.61.